The maximum Gasteiger partial charge on any atom is 0.156 e. The molecule has 0 amide bonds. The topological polar surface area (TPSA) is 17.1 Å². The van der Waals surface area contributed by atoms with E-state index in [1.54, 1.807) is 5.57 Å². The van der Waals surface area contributed by atoms with Crippen LogP contribution < -0.4 is 0 Å². The molecule has 0 aliphatic heterocycles. The number of ketones is 1. The summed E-state index contributed by atoms with van der Waals surface area (Å²) in [6, 6.07) is 9.34. The molecule has 0 heterocycles. The molecule has 29 heavy (non-hydrogen) atoms. The predicted molar refractivity (Wildman–Crippen MR) is 118 cm³/mol. The van der Waals surface area contributed by atoms with E-state index < -0.39 is 0 Å². The van der Waals surface area contributed by atoms with Gasteiger partial charge in [0.05, 0.1) is 0 Å². The van der Waals surface area contributed by atoms with Gasteiger partial charge in [0.1, 0.15) is 0 Å². The molecule has 0 aromatic heterocycles. The van der Waals surface area contributed by atoms with E-state index in [-0.39, 0.29) is 5.41 Å². The second-order valence-electron chi connectivity index (χ2n) is 9.98. The monoisotopic (exact) mass is 384 g/mol. The highest BCUT2D eigenvalue weighted by molar-refractivity contribution is 5.93. The van der Waals surface area contributed by atoms with Crippen LogP contribution in [0.15, 0.2) is 47.1 Å². The number of aryl methyl sites for hydroxylation is 1. The lowest BCUT2D eigenvalue weighted by molar-refractivity contribution is -0.114. The van der Waals surface area contributed by atoms with Crippen molar-refractivity contribution >= 4 is 5.78 Å². The highest BCUT2D eigenvalue weighted by Gasteiger charge is 2.56. The first-order valence-corrected chi connectivity index (χ1v) is 11.6. The van der Waals surface area contributed by atoms with Gasteiger partial charge in [-0.1, -0.05) is 43.7 Å². The smallest absolute Gasteiger partial charge is 0.156 e. The molecular weight excluding hydrogens is 352 g/mol. The van der Waals surface area contributed by atoms with E-state index in [1.165, 1.54) is 41.5 Å². The minimum absolute atomic E-state index is 0.239. The van der Waals surface area contributed by atoms with Gasteiger partial charge in [-0.25, -0.2) is 0 Å². The van der Waals surface area contributed by atoms with Crippen LogP contribution in [0.5, 0.6) is 0 Å². The number of terminal acetylenes is 1. The largest absolute Gasteiger partial charge is 0.295 e. The van der Waals surface area contributed by atoms with Gasteiger partial charge in [0.25, 0.3) is 0 Å². The van der Waals surface area contributed by atoms with Gasteiger partial charge in [0.2, 0.25) is 0 Å². The highest BCUT2D eigenvalue weighted by Crippen LogP contribution is 2.65. The van der Waals surface area contributed by atoms with Crippen LogP contribution >= 0.6 is 0 Å². The second-order valence-corrected chi connectivity index (χ2v) is 9.98. The van der Waals surface area contributed by atoms with E-state index in [1.807, 2.05) is 6.08 Å². The van der Waals surface area contributed by atoms with Gasteiger partial charge in [0, 0.05) is 18.3 Å². The summed E-state index contributed by atoms with van der Waals surface area (Å²) in [5, 5.41) is 0. The minimum Gasteiger partial charge on any atom is -0.295 e. The number of carbonyl (C=O) groups is 1. The van der Waals surface area contributed by atoms with Crippen molar-refractivity contribution < 1.29 is 4.79 Å². The molecule has 1 heteroatoms. The maximum absolute atomic E-state index is 12.1. The molecule has 1 nitrogen and oxygen atoms in total. The molecule has 5 unspecified atom stereocenters. The third kappa shape index (κ3) is 2.87. The molecule has 0 saturated heterocycles. The Balaban J connectivity index is 1.66. The van der Waals surface area contributed by atoms with Crippen molar-refractivity contribution in [3.05, 3.63) is 58.2 Å². The van der Waals surface area contributed by atoms with E-state index in [0.29, 0.717) is 35.9 Å². The van der Waals surface area contributed by atoms with E-state index in [2.05, 4.69) is 44.0 Å². The zero-order valence-electron chi connectivity index (χ0n) is 17.8. The van der Waals surface area contributed by atoms with Crippen molar-refractivity contribution in [3.63, 3.8) is 0 Å². The summed E-state index contributed by atoms with van der Waals surface area (Å²) in [6.45, 7) is 4.70. The van der Waals surface area contributed by atoms with Crippen LogP contribution in [-0.2, 0) is 11.2 Å². The molecule has 0 bridgehead atoms. The van der Waals surface area contributed by atoms with Crippen molar-refractivity contribution in [2.45, 2.75) is 71.1 Å². The van der Waals surface area contributed by atoms with Crippen LogP contribution in [0.4, 0.5) is 0 Å². The Kier molecular flexibility index (Phi) is 4.58. The van der Waals surface area contributed by atoms with E-state index >= 15 is 0 Å². The lowest BCUT2D eigenvalue weighted by Crippen LogP contribution is -2.43. The summed E-state index contributed by atoms with van der Waals surface area (Å²) in [5.41, 5.74) is 7.66. The van der Waals surface area contributed by atoms with Crippen LogP contribution in [-0.4, -0.2) is 5.78 Å². The molecule has 0 radical (unpaired) electrons. The molecule has 1 aromatic rings. The van der Waals surface area contributed by atoms with Crippen molar-refractivity contribution in [3.8, 4) is 12.3 Å². The van der Waals surface area contributed by atoms with Crippen LogP contribution in [0.25, 0.3) is 0 Å². The third-order valence-electron chi connectivity index (χ3n) is 8.72. The fourth-order valence-electron chi connectivity index (χ4n) is 7.22. The Bertz CT molecular complexity index is 938. The second kappa shape index (κ2) is 7.02. The van der Waals surface area contributed by atoms with Crippen LogP contribution in [0.3, 0.4) is 0 Å². The van der Waals surface area contributed by atoms with Gasteiger partial charge >= 0.3 is 0 Å². The van der Waals surface area contributed by atoms with Crippen LogP contribution in [0.2, 0.25) is 0 Å². The first-order valence-electron chi connectivity index (χ1n) is 11.6. The van der Waals surface area contributed by atoms with Crippen molar-refractivity contribution in [1.82, 2.24) is 0 Å². The number of allylic oxidation sites excluding steroid dienone is 4. The lowest BCUT2D eigenvalue weighted by atomic mass is 9.52. The fourth-order valence-corrected chi connectivity index (χ4v) is 7.22. The summed E-state index contributed by atoms with van der Waals surface area (Å²) in [4.78, 5) is 12.1. The van der Waals surface area contributed by atoms with E-state index in [0.717, 1.165) is 25.7 Å². The quantitative estimate of drug-likeness (QED) is 0.539. The van der Waals surface area contributed by atoms with E-state index in [4.69, 9.17) is 6.42 Å². The summed E-state index contributed by atoms with van der Waals surface area (Å²) in [7, 11) is 0. The normalized spacial score (nSPS) is 36.0. The molecule has 2 fully saturated rings. The van der Waals surface area contributed by atoms with Gasteiger partial charge in [0.15, 0.2) is 5.78 Å². The molecule has 1 aromatic carbocycles. The summed E-state index contributed by atoms with van der Waals surface area (Å²) >= 11 is 0. The first-order chi connectivity index (χ1) is 14.0. The Morgan fingerprint density at radius 2 is 1.90 bits per heavy atom. The Morgan fingerprint density at radius 1 is 1.10 bits per heavy atom. The van der Waals surface area contributed by atoms with Crippen LogP contribution in [0.1, 0.15) is 75.8 Å². The Hall–Kier alpha value is -2.07. The molecule has 0 spiro atoms. The Morgan fingerprint density at radius 3 is 2.62 bits per heavy atom. The predicted octanol–water partition coefficient (Wildman–Crippen LogP) is 6.40. The summed E-state index contributed by atoms with van der Waals surface area (Å²) in [6.07, 6.45) is 16.6. The molecule has 5 rings (SSSR count). The minimum atomic E-state index is 0.239. The van der Waals surface area contributed by atoms with Crippen molar-refractivity contribution in [2.24, 2.45) is 23.2 Å². The van der Waals surface area contributed by atoms with Gasteiger partial charge in [-0.3, -0.25) is 4.79 Å². The number of carbonyl (C=O) groups excluding carboxylic acids is 1. The summed E-state index contributed by atoms with van der Waals surface area (Å²) in [5.74, 6) is 5.70. The molecule has 150 valence electrons. The average Bonchev–Trinajstić information content (AvgIpc) is 3.08. The van der Waals surface area contributed by atoms with E-state index in [9.17, 15) is 4.79 Å². The SMILES string of the molecule is C#CC1CCC2C3CCC4=CC(=O)CCC4=C3C(c3ccc(CC)cc3)CC12C. The van der Waals surface area contributed by atoms with Gasteiger partial charge in [-0.15, -0.1) is 12.3 Å². The molecule has 0 N–H and O–H groups in total. The van der Waals surface area contributed by atoms with Crippen LogP contribution in [0, 0.1) is 35.5 Å². The van der Waals surface area contributed by atoms with Crippen molar-refractivity contribution in [2.75, 3.05) is 0 Å². The maximum atomic E-state index is 12.1. The highest BCUT2D eigenvalue weighted by atomic mass is 16.1. The third-order valence-corrected chi connectivity index (χ3v) is 8.72. The molecule has 2 saturated carbocycles. The molecule has 5 atom stereocenters. The van der Waals surface area contributed by atoms with Gasteiger partial charge < -0.3 is 0 Å². The fraction of sp³-hybridized carbons (Fsp3) is 0.536. The van der Waals surface area contributed by atoms with Gasteiger partial charge in [-0.2, -0.15) is 0 Å². The zero-order chi connectivity index (χ0) is 20.2. The Labute approximate surface area is 175 Å². The standard InChI is InChI=1S/C28H32O/c1-4-18-6-8-19(9-7-18)25-17-28(3)21(5-2)11-15-26(28)24-13-10-20-16-22(29)12-14-23(20)27(24)25/h2,6-9,16,21,24-26H,4,10-15,17H2,1,3H3. The summed E-state index contributed by atoms with van der Waals surface area (Å²) < 4.78 is 0. The lowest BCUT2D eigenvalue weighted by Gasteiger charge is -2.52. The zero-order valence-corrected chi connectivity index (χ0v) is 17.8. The van der Waals surface area contributed by atoms with Gasteiger partial charge in [-0.05, 0) is 90.5 Å². The molecule has 4 aliphatic rings. The number of rotatable bonds is 2. The first kappa shape index (κ1) is 18.9. The number of benzene rings is 1. The molecular formula is C28H32O. The number of hydrogen-bond acceptors (Lipinski definition) is 1. The van der Waals surface area contributed by atoms with Crippen molar-refractivity contribution in [1.29, 1.82) is 0 Å². The molecule has 4 aliphatic carbocycles. The average molecular weight is 385 g/mol. The number of hydrogen-bond donors (Lipinski definition) is 0. The number of fused-ring (bicyclic) bond motifs is 4.